The number of rotatable bonds is 6. The predicted molar refractivity (Wildman–Crippen MR) is 63.6 cm³/mol. The maximum absolute atomic E-state index is 11.4. The summed E-state index contributed by atoms with van der Waals surface area (Å²) in [5.41, 5.74) is 1.02. The van der Waals surface area contributed by atoms with Crippen LogP contribution in [0, 0.1) is 0 Å². The van der Waals surface area contributed by atoms with Crippen molar-refractivity contribution in [1.29, 1.82) is 0 Å². The van der Waals surface area contributed by atoms with Crippen molar-refractivity contribution >= 4 is 12.1 Å². The van der Waals surface area contributed by atoms with Crippen LogP contribution in [0.25, 0.3) is 6.20 Å². The SMILES string of the molecule is C=Cn1cc(CNC(C)C(=O)NCC)cn1. The lowest BCUT2D eigenvalue weighted by Crippen LogP contribution is -2.41. The number of hydrogen-bond acceptors (Lipinski definition) is 3. The van der Waals surface area contributed by atoms with Crippen LogP contribution in [0.3, 0.4) is 0 Å². The average Bonchev–Trinajstić information content (AvgIpc) is 2.74. The number of carbonyl (C=O) groups excluding carboxylic acids is 1. The van der Waals surface area contributed by atoms with Gasteiger partial charge in [0, 0.05) is 31.0 Å². The van der Waals surface area contributed by atoms with Crippen molar-refractivity contribution < 1.29 is 4.79 Å². The van der Waals surface area contributed by atoms with E-state index in [0.29, 0.717) is 13.1 Å². The third kappa shape index (κ3) is 3.51. The number of hydrogen-bond donors (Lipinski definition) is 2. The molecule has 0 spiro atoms. The Morgan fingerprint density at radius 1 is 1.75 bits per heavy atom. The van der Waals surface area contributed by atoms with Crippen LogP contribution in [0.15, 0.2) is 19.0 Å². The minimum Gasteiger partial charge on any atom is -0.355 e. The molecule has 1 rings (SSSR count). The Morgan fingerprint density at radius 3 is 3.06 bits per heavy atom. The summed E-state index contributed by atoms with van der Waals surface area (Å²) >= 11 is 0. The zero-order chi connectivity index (χ0) is 12.0. The molecule has 1 aromatic rings. The van der Waals surface area contributed by atoms with Gasteiger partial charge in [-0.05, 0) is 13.8 Å². The van der Waals surface area contributed by atoms with E-state index in [1.165, 1.54) is 0 Å². The highest BCUT2D eigenvalue weighted by Gasteiger charge is 2.10. The topological polar surface area (TPSA) is 59.0 Å². The third-order valence-electron chi connectivity index (χ3n) is 2.20. The standard InChI is InChI=1S/C11H18N4O/c1-4-12-11(16)9(3)13-6-10-7-14-15(5-2)8-10/h5,7-9,13H,2,4,6H2,1,3H3,(H,12,16). The molecule has 0 aliphatic carbocycles. The highest BCUT2D eigenvalue weighted by molar-refractivity contribution is 5.81. The van der Waals surface area contributed by atoms with Crippen LogP contribution in [0.1, 0.15) is 19.4 Å². The number of nitrogens with zero attached hydrogens (tertiary/aromatic N) is 2. The van der Waals surface area contributed by atoms with E-state index in [2.05, 4.69) is 22.3 Å². The van der Waals surface area contributed by atoms with Crippen LogP contribution < -0.4 is 10.6 Å². The molecule has 0 bridgehead atoms. The number of aromatic nitrogens is 2. The minimum atomic E-state index is -0.202. The normalized spacial score (nSPS) is 12.1. The lowest BCUT2D eigenvalue weighted by atomic mass is 10.3. The number of likely N-dealkylation sites (N-methyl/N-ethyl adjacent to an activating group) is 1. The molecule has 0 fully saturated rings. The van der Waals surface area contributed by atoms with Crippen LogP contribution in [0.4, 0.5) is 0 Å². The smallest absolute Gasteiger partial charge is 0.236 e. The minimum absolute atomic E-state index is 0.0126. The van der Waals surface area contributed by atoms with Gasteiger partial charge in [0.2, 0.25) is 5.91 Å². The van der Waals surface area contributed by atoms with E-state index in [9.17, 15) is 4.79 Å². The van der Waals surface area contributed by atoms with Crippen molar-refractivity contribution in [3.05, 3.63) is 24.5 Å². The molecule has 16 heavy (non-hydrogen) atoms. The molecule has 5 nitrogen and oxygen atoms in total. The number of nitrogens with one attached hydrogen (secondary N) is 2. The first-order chi connectivity index (χ1) is 7.67. The molecule has 0 aromatic carbocycles. The van der Waals surface area contributed by atoms with Crippen molar-refractivity contribution in [2.75, 3.05) is 6.54 Å². The van der Waals surface area contributed by atoms with Crippen molar-refractivity contribution in [2.24, 2.45) is 0 Å². The van der Waals surface area contributed by atoms with Gasteiger partial charge in [-0.2, -0.15) is 5.10 Å². The summed E-state index contributed by atoms with van der Waals surface area (Å²) in [7, 11) is 0. The zero-order valence-electron chi connectivity index (χ0n) is 9.73. The van der Waals surface area contributed by atoms with Crippen LogP contribution in [-0.4, -0.2) is 28.3 Å². The molecule has 1 heterocycles. The maximum Gasteiger partial charge on any atom is 0.236 e. The van der Waals surface area contributed by atoms with E-state index in [0.717, 1.165) is 5.56 Å². The lowest BCUT2D eigenvalue weighted by molar-refractivity contribution is -0.122. The van der Waals surface area contributed by atoms with E-state index in [4.69, 9.17) is 0 Å². The molecule has 0 aliphatic heterocycles. The van der Waals surface area contributed by atoms with E-state index in [-0.39, 0.29) is 11.9 Å². The summed E-state index contributed by atoms with van der Waals surface area (Å²) < 4.78 is 1.63. The van der Waals surface area contributed by atoms with Gasteiger partial charge in [0.15, 0.2) is 0 Å². The van der Waals surface area contributed by atoms with Crippen LogP contribution in [-0.2, 0) is 11.3 Å². The summed E-state index contributed by atoms with van der Waals surface area (Å²) in [6, 6.07) is -0.202. The Kier molecular flexibility index (Phi) is 4.72. The molecule has 2 N–H and O–H groups in total. The summed E-state index contributed by atoms with van der Waals surface area (Å²) in [5, 5.41) is 9.93. The van der Waals surface area contributed by atoms with Crippen LogP contribution >= 0.6 is 0 Å². The monoisotopic (exact) mass is 222 g/mol. The van der Waals surface area contributed by atoms with Gasteiger partial charge < -0.3 is 10.6 Å². The first-order valence-electron chi connectivity index (χ1n) is 5.34. The predicted octanol–water partition coefficient (Wildman–Crippen LogP) is 0.598. The first kappa shape index (κ1) is 12.4. The van der Waals surface area contributed by atoms with Gasteiger partial charge in [0.1, 0.15) is 0 Å². The second kappa shape index (κ2) is 6.07. The van der Waals surface area contributed by atoms with Gasteiger partial charge in [0.25, 0.3) is 0 Å². The molecule has 0 saturated carbocycles. The molecule has 1 amide bonds. The van der Waals surface area contributed by atoms with Gasteiger partial charge >= 0.3 is 0 Å². The summed E-state index contributed by atoms with van der Waals surface area (Å²) in [6.45, 7) is 8.61. The van der Waals surface area contributed by atoms with E-state index in [1.54, 1.807) is 17.1 Å². The van der Waals surface area contributed by atoms with Crippen molar-refractivity contribution in [3.8, 4) is 0 Å². The van der Waals surface area contributed by atoms with Gasteiger partial charge in [-0.3, -0.25) is 4.79 Å². The van der Waals surface area contributed by atoms with Crippen molar-refractivity contribution in [1.82, 2.24) is 20.4 Å². The fraction of sp³-hybridized carbons (Fsp3) is 0.455. The quantitative estimate of drug-likeness (QED) is 0.741. The number of carbonyl (C=O) groups is 1. The molecular weight excluding hydrogens is 204 g/mol. The van der Waals surface area contributed by atoms with Crippen LogP contribution in [0.2, 0.25) is 0 Å². The van der Waals surface area contributed by atoms with E-state index < -0.39 is 0 Å². The van der Waals surface area contributed by atoms with Gasteiger partial charge in [-0.25, -0.2) is 4.68 Å². The lowest BCUT2D eigenvalue weighted by Gasteiger charge is -2.12. The third-order valence-corrected chi connectivity index (χ3v) is 2.20. The fourth-order valence-corrected chi connectivity index (χ4v) is 1.26. The highest BCUT2D eigenvalue weighted by atomic mass is 16.2. The number of amides is 1. The highest BCUT2D eigenvalue weighted by Crippen LogP contribution is 1.98. The summed E-state index contributed by atoms with van der Waals surface area (Å²) in [6.07, 6.45) is 5.24. The molecule has 5 heteroatoms. The van der Waals surface area contributed by atoms with Crippen molar-refractivity contribution in [3.63, 3.8) is 0 Å². The maximum atomic E-state index is 11.4. The Bertz CT molecular complexity index is 359. The molecule has 0 aliphatic rings. The largest absolute Gasteiger partial charge is 0.355 e. The Morgan fingerprint density at radius 2 is 2.50 bits per heavy atom. The fourth-order valence-electron chi connectivity index (χ4n) is 1.26. The first-order valence-corrected chi connectivity index (χ1v) is 5.34. The Hall–Kier alpha value is -1.62. The van der Waals surface area contributed by atoms with Crippen LogP contribution in [0.5, 0.6) is 0 Å². The average molecular weight is 222 g/mol. The second-order valence-corrected chi connectivity index (χ2v) is 3.51. The molecule has 0 saturated heterocycles. The van der Waals surface area contributed by atoms with Gasteiger partial charge in [-0.1, -0.05) is 6.58 Å². The Labute approximate surface area is 95.5 Å². The molecule has 1 atom stereocenters. The van der Waals surface area contributed by atoms with Gasteiger partial charge in [0.05, 0.1) is 12.2 Å². The molecular formula is C11H18N4O. The van der Waals surface area contributed by atoms with Gasteiger partial charge in [-0.15, -0.1) is 0 Å². The van der Waals surface area contributed by atoms with E-state index >= 15 is 0 Å². The summed E-state index contributed by atoms with van der Waals surface area (Å²) in [4.78, 5) is 11.4. The molecule has 0 radical (unpaired) electrons. The Balaban J connectivity index is 2.39. The van der Waals surface area contributed by atoms with Crippen molar-refractivity contribution in [2.45, 2.75) is 26.4 Å². The second-order valence-electron chi connectivity index (χ2n) is 3.51. The van der Waals surface area contributed by atoms with E-state index in [1.807, 2.05) is 20.0 Å². The zero-order valence-corrected chi connectivity index (χ0v) is 9.73. The summed E-state index contributed by atoms with van der Waals surface area (Å²) in [5.74, 6) is 0.0126. The molecule has 1 unspecified atom stereocenters. The molecule has 1 aromatic heterocycles. The molecule has 88 valence electrons.